The lowest BCUT2D eigenvalue weighted by atomic mass is 10.1. The topological polar surface area (TPSA) is 169 Å². The molecular weight excluding hydrogens is 732 g/mol. The van der Waals surface area contributed by atoms with E-state index in [1.807, 2.05) is 13.8 Å². The monoisotopic (exact) mass is 769 g/mol. The molecule has 260 valence electrons. The van der Waals surface area contributed by atoms with Gasteiger partial charge in [0.25, 0.3) is 5.91 Å². The average Bonchev–Trinajstić information content (AvgIpc) is 3.05. The molecule has 2 aromatic heterocycles. The van der Waals surface area contributed by atoms with Gasteiger partial charge in [-0.1, -0.05) is 60.7 Å². The number of benzene rings is 2. The van der Waals surface area contributed by atoms with Gasteiger partial charge < -0.3 is 20.9 Å². The van der Waals surface area contributed by atoms with E-state index in [0.717, 1.165) is 22.6 Å². The van der Waals surface area contributed by atoms with E-state index < -0.39 is 11.6 Å². The van der Waals surface area contributed by atoms with E-state index >= 15 is 0 Å². The summed E-state index contributed by atoms with van der Waals surface area (Å²) in [7, 11) is 5.69. The Hall–Kier alpha value is -4.06. The van der Waals surface area contributed by atoms with Gasteiger partial charge in [-0.3, -0.25) is 14.4 Å². The van der Waals surface area contributed by atoms with Crippen molar-refractivity contribution in [1.82, 2.24) is 25.0 Å². The maximum Gasteiger partial charge on any atom is 0.282 e. The van der Waals surface area contributed by atoms with E-state index in [1.54, 1.807) is 12.1 Å². The molecule has 4 aromatic rings. The number of ketones is 1. The standard InChI is InChI=1S/C14H14FN3O2S.C9H14N4O2S.C7H6BrFO.CH4/c1-3-21-14-17-7-9(13(16)18-14)12(19)8-4-5-11(20-2)10(15)6-8;1-4-16-9-11-5-6(7(10)12-9)8(14)13(2)15-3;1-10-7-3-2-5(8)4-6(7)9;/h4-7H,3H2,1-2H3,(H2,16,17,18);5H,4H2,1-3H3,(H2,10,11,12);2-4H,1H3;1H4. The number of nitrogens with two attached hydrogens (primary N) is 2. The van der Waals surface area contributed by atoms with Crippen molar-refractivity contribution in [2.45, 2.75) is 31.6 Å². The Morgan fingerprint density at radius 2 is 1.31 bits per heavy atom. The molecule has 0 aliphatic heterocycles. The molecule has 4 rings (SSSR count). The molecule has 0 saturated heterocycles. The Balaban J connectivity index is 0.000000379. The minimum Gasteiger partial charge on any atom is -0.494 e. The third-order valence-corrected chi connectivity index (χ3v) is 7.68. The summed E-state index contributed by atoms with van der Waals surface area (Å²) in [5.74, 6) is 0.491. The van der Waals surface area contributed by atoms with Crippen LogP contribution in [0.1, 0.15) is 47.6 Å². The Bertz CT molecular complexity index is 1670. The number of ether oxygens (including phenoxy) is 2. The number of carbonyl (C=O) groups excluding carboxylic acids is 2. The van der Waals surface area contributed by atoms with Gasteiger partial charge in [0.1, 0.15) is 17.2 Å². The minimum atomic E-state index is -0.610. The van der Waals surface area contributed by atoms with Crippen LogP contribution in [0, 0.1) is 11.6 Å². The highest BCUT2D eigenvalue weighted by molar-refractivity contribution is 9.10. The van der Waals surface area contributed by atoms with Crippen LogP contribution in [0.4, 0.5) is 20.4 Å². The highest BCUT2D eigenvalue weighted by atomic mass is 79.9. The van der Waals surface area contributed by atoms with Crippen molar-refractivity contribution < 1.29 is 32.7 Å². The van der Waals surface area contributed by atoms with Crippen LogP contribution in [0.15, 0.2) is 63.6 Å². The van der Waals surface area contributed by atoms with Gasteiger partial charge in [0.2, 0.25) is 0 Å². The molecule has 0 aliphatic rings. The molecule has 0 fully saturated rings. The summed E-state index contributed by atoms with van der Waals surface area (Å²) in [5.41, 5.74) is 12.0. The van der Waals surface area contributed by atoms with Crippen molar-refractivity contribution >= 4 is 62.8 Å². The van der Waals surface area contributed by atoms with Gasteiger partial charge in [0.15, 0.2) is 39.2 Å². The summed E-state index contributed by atoms with van der Waals surface area (Å²) >= 11 is 6.02. The van der Waals surface area contributed by atoms with Crippen molar-refractivity contribution in [2.75, 3.05) is 51.4 Å². The summed E-state index contributed by atoms with van der Waals surface area (Å²) in [5, 5.41) is 2.14. The molecule has 12 nitrogen and oxygen atoms in total. The number of thioether (sulfide) groups is 2. The molecule has 2 heterocycles. The summed E-state index contributed by atoms with van der Waals surface area (Å²) in [6.07, 6.45) is 2.78. The molecule has 0 spiro atoms. The first-order valence-corrected chi connectivity index (χ1v) is 16.4. The fraction of sp³-hybridized carbons (Fsp3) is 0.290. The van der Waals surface area contributed by atoms with Gasteiger partial charge in [0, 0.05) is 29.5 Å². The molecule has 0 bridgehead atoms. The van der Waals surface area contributed by atoms with Crippen LogP contribution in [0.25, 0.3) is 0 Å². The van der Waals surface area contributed by atoms with Crippen LogP contribution < -0.4 is 20.9 Å². The first kappa shape index (κ1) is 42.0. The molecule has 0 radical (unpaired) electrons. The number of rotatable bonds is 10. The van der Waals surface area contributed by atoms with Crippen molar-refractivity contribution in [2.24, 2.45) is 0 Å². The second-order valence-electron chi connectivity index (χ2n) is 8.71. The van der Waals surface area contributed by atoms with Crippen LogP contribution >= 0.6 is 39.5 Å². The van der Waals surface area contributed by atoms with E-state index in [1.165, 1.54) is 82.5 Å². The maximum atomic E-state index is 13.6. The first-order chi connectivity index (χ1) is 22.4. The van der Waals surface area contributed by atoms with Crippen LogP contribution in [-0.2, 0) is 4.84 Å². The number of aromatic nitrogens is 4. The highest BCUT2D eigenvalue weighted by Gasteiger charge is 2.18. The van der Waals surface area contributed by atoms with Crippen molar-refractivity contribution in [1.29, 1.82) is 0 Å². The Labute approximate surface area is 295 Å². The number of hydrogen-bond donors (Lipinski definition) is 2. The number of halogens is 3. The van der Waals surface area contributed by atoms with Crippen LogP contribution in [0.5, 0.6) is 11.5 Å². The SMILES string of the molecule is C.CCSc1ncc(C(=O)N(C)OC)c(N)n1.CCSc1ncc(C(=O)c2ccc(OC)c(F)c2)c(N)n1.COc1ccc(Br)cc1F. The lowest BCUT2D eigenvalue weighted by molar-refractivity contribution is -0.0756. The number of anilines is 2. The molecular formula is C31H38BrF2N7O5S2. The van der Waals surface area contributed by atoms with Gasteiger partial charge in [-0.15, -0.1) is 0 Å². The highest BCUT2D eigenvalue weighted by Crippen LogP contribution is 2.23. The number of nitrogen functional groups attached to an aromatic ring is 2. The molecule has 17 heteroatoms. The summed E-state index contributed by atoms with van der Waals surface area (Å²) in [6, 6.07) is 8.62. The van der Waals surface area contributed by atoms with Gasteiger partial charge in [-0.2, -0.15) is 0 Å². The molecule has 0 saturated carbocycles. The third-order valence-electron chi connectivity index (χ3n) is 5.70. The van der Waals surface area contributed by atoms with Gasteiger partial charge in [0.05, 0.1) is 26.9 Å². The lowest BCUT2D eigenvalue weighted by Crippen LogP contribution is -2.26. The predicted octanol–water partition coefficient (Wildman–Crippen LogP) is 6.59. The zero-order valence-electron chi connectivity index (χ0n) is 26.4. The number of hydroxylamine groups is 2. The second kappa shape index (κ2) is 21.0. The molecule has 2 aromatic carbocycles. The molecule has 48 heavy (non-hydrogen) atoms. The summed E-state index contributed by atoms with van der Waals surface area (Å²) in [4.78, 5) is 45.0. The van der Waals surface area contributed by atoms with Crippen LogP contribution in [-0.4, -0.2) is 76.6 Å². The Morgan fingerprint density at radius 1 is 0.833 bits per heavy atom. The molecule has 0 aliphatic carbocycles. The van der Waals surface area contributed by atoms with E-state index in [2.05, 4.69) is 35.9 Å². The Morgan fingerprint density at radius 3 is 1.73 bits per heavy atom. The predicted molar refractivity (Wildman–Crippen MR) is 189 cm³/mol. The zero-order chi connectivity index (χ0) is 35.1. The number of hydrogen-bond acceptors (Lipinski definition) is 13. The van der Waals surface area contributed by atoms with Crippen LogP contribution in [0.2, 0.25) is 0 Å². The third kappa shape index (κ3) is 12.2. The largest absolute Gasteiger partial charge is 0.494 e. The molecule has 0 unspecified atom stereocenters. The van der Waals surface area contributed by atoms with E-state index in [-0.39, 0.29) is 59.0 Å². The number of carbonyl (C=O) groups is 2. The fourth-order valence-electron chi connectivity index (χ4n) is 3.35. The smallest absolute Gasteiger partial charge is 0.282 e. The number of amides is 1. The minimum absolute atomic E-state index is 0. The van der Waals surface area contributed by atoms with Gasteiger partial charge in [-0.25, -0.2) is 33.8 Å². The van der Waals surface area contributed by atoms with E-state index in [9.17, 15) is 18.4 Å². The quantitative estimate of drug-likeness (QED) is 0.0768. The maximum absolute atomic E-state index is 13.6. The zero-order valence-corrected chi connectivity index (χ0v) is 29.6. The first-order valence-electron chi connectivity index (χ1n) is 13.6. The van der Waals surface area contributed by atoms with Crippen molar-refractivity contribution in [3.63, 3.8) is 0 Å². The molecule has 4 N–H and O–H groups in total. The van der Waals surface area contributed by atoms with E-state index in [4.69, 9.17) is 25.8 Å². The average molecular weight is 771 g/mol. The lowest BCUT2D eigenvalue weighted by Gasteiger charge is -2.14. The normalized spacial score (nSPS) is 9.94. The summed E-state index contributed by atoms with van der Waals surface area (Å²) < 4.78 is 36.6. The van der Waals surface area contributed by atoms with Gasteiger partial charge >= 0.3 is 0 Å². The number of methoxy groups -OCH3 is 2. The van der Waals surface area contributed by atoms with Crippen molar-refractivity contribution in [3.8, 4) is 11.5 Å². The number of nitrogens with zero attached hydrogens (tertiary/aromatic N) is 5. The van der Waals surface area contributed by atoms with Crippen LogP contribution in [0.3, 0.4) is 0 Å². The van der Waals surface area contributed by atoms with Crippen molar-refractivity contribution in [3.05, 3.63) is 81.6 Å². The molecule has 1 amide bonds. The van der Waals surface area contributed by atoms with Gasteiger partial charge in [-0.05, 0) is 47.9 Å². The van der Waals surface area contributed by atoms with E-state index in [0.29, 0.717) is 14.8 Å². The fourth-order valence-corrected chi connectivity index (χ4v) is 4.78. The Kier molecular flexibility index (Phi) is 18.4. The summed E-state index contributed by atoms with van der Waals surface area (Å²) in [6.45, 7) is 3.95. The second-order valence-corrected chi connectivity index (χ2v) is 12.1. The molecule has 0 atom stereocenters.